The molecule has 7 heteroatoms. The summed E-state index contributed by atoms with van der Waals surface area (Å²) in [7, 11) is 0. The Kier molecular flexibility index (Phi) is 3.71. The summed E-state index contributed by atoms with van der Waals surface area (Å²) in [4.78, 5) is 34.9. The first-order chi connectivity index (χ1) is 9.38. The van der Waals surface area contributed by atoms with E-state index < -0.39 is 30.3 Å². The van der Waals surface area contributed by atoms with Crippen molar-refractivity contribution in [3.05, 3.63) is 34.9 Å². The average Bonchev–Trinajstić information content (AvgIpc) is 2.79. The molecule has 0 aliphatic carbocycles. The molecule has 20 heavy (non-hydrogen) atoms. The predicted octanol–water partition coefficient (Wildman–Crippen LogP) is 0.0290. The first-order valence-corrected chi connectivity index (χ1v) is 5.99. The molecule has 0 saturated carbocycles. The van der Waals surface area contributed by atoms with E-state index in [0.29, 0.717) is 6.54 Å². The van der Waals surface area contributed by atoms with Gasteiger partial charge in [0.1, 0.15) is 0 Å². The molecule has 0 radical (unpaired) electrons. The summed E-state index contributed by atoms with van der Waals surface area (Å²) in [5.41, 5.74) is 7.31. The van der Waals surface area contributed by atoms with Gasteiger partial charge in [0.15, 0.2) is 0 Å². The Hall–Kier alpha value is -2.41. The molecule has 1 amide bonds. The van der Waals surface area contributed by atoms with Crippen LogP contribution in [0.5, 0.6) is 0 Å². The molecular formula is C13H14N2O5. The van der Waals surface area contributed by atoms with Crippen LogP contribution in [0.4, 0.5) is 0 Å². The third-order valence-corrected chi connectivity index (χ3v) is 3.20. The van der Waals surface area contributed by atoms with E-state index in [2.05, 4.69) is 0 Å². The van der Waals surface area contributed by atoms with Crippen molar-refractivity contribution in [2.45, 2.75) is 25.6 Å². The zero-order valence-electron chi connectivity index (χ0n) is 10.6. The van der Waals surface area contributed by atoms with Crippen molar-refractivity contribution in [2.24, 2.45) is 5.73 Å². The van der Waals surface area contributed by atoms with Gasteiger partial charge in [0, 0.05) is 13.1 Å². The molecule has 1 aliphatic rings. The number of nitrogens with zero attached hydrogens (tertiary/aromatic N) is 1. The molecule has 0 fully saturated rings. The Labute approximate surface area is 114 Å². The van der Waals surface area contributed by atoms with Gasteiger partial charge in [-0.3, -0.25) is 9.59 Å². The van der Waals surface area contributed by atoms with Gasteiger partial charge in [-0.2, -0.15) is 0 Å². The van der Waals surface area contributed by atoms with E-state index in [0.717, 1.165) is 11.1 Å². The summed E-state index contributed by atoms with van der Waals surface area (Å²) in [6, 6.07) is 3.58. The van der Waals surface area contributed by atoms with Gasteiger partial charge in [-0.15, -0.1) is 0 Å². The molecular weight excluding hydrogens is 264 g/mol. The van der Waals surface area contributed by atoms with E-state index in [9.17, 15) is 14.4 Å². The standard InChI is InChI=1S/C13H14N2O5/c14-10(4-11(16)17)12(18)15-5-8-2-1-7(13(19)20)3-9(8)6-15/h1-3,10H,4-6,14H2,(H,16,17)(H,19,20). The number of carboxylic acid groups (broad SMARTS) is 2. The van der Waals surface area contributed by atoms with Crippen LogP contribution in [0, 0.1) is 0 Å². The maximum Gasteiger partial charge on any atom is 0.335 e. The molecule has 1 heterocycles. The fraction of sp³-hybridized carbons (Fsp3) is 0.308. The quantitative estimate of drug-likeness (QED) is 0.714. The second kappa shape index (κ2) is 5.30. The van der Waals surface area contributed by atoms with E-state index in [4.69, 9.17) is 15.9 Å². The summed E-state index contributed by atoms with van der Waals surface area (Å²) in [5, 5.41) is 17.5. The van der Waals surface area contributed by atoms with Crippen LogP contribution >= 0.6 is 0 Å². The van der Waals surface area contributed by atoms with Crippen LogP contribution in [0.25, 0.3) is 0 Å². The number of nitrogens with two attached hydrogens (primary N) is 1. The molecule has 1 atom stereocenters. The molecule has 4 N–H and O–H groups in total. The summed E-state index contributed by atoms with van der Waals surface area (Å²) < 4.78 is 0. The van der Waals surface area contributed by atoms with Crippen molar-refractivity contribution in [2.75, 3.05) is 0 Å². The van der Waals surface area contributed by atoms with Gasteiger partial charge in [-0.05, 0) is 23.3 Å². The third-order valence-electron chi connectivity index (χ3n) is 3.20. The van der Waals surface area contributed by atoms with Gasteiger partial charge in [-0.1, -0.05) is 6.07 Å². The van der Waals surface area contributed by atoms with Gasteiger partial charge >= 0.3 is 11.9 Å². The van der Waals surface area contributed by atoms with Crippen molar-refractivity contribution < 1.29 is 24.6 Å². The van der Waals surface area contributed by atoms with Gasteiger partial charge in [-0.25, -0.2) is 4.79 Å². The van der Waals surface area contributed by atoms with Gasteiger partial charge in [0.2, 0.25) is 5.91 Å². The number of hydrogen-bond acceptors (Lipinski definition) is 4. The number of carboxylic acids is 2. The highest BCUT2D eigenvalue weighted by molar-refractivity contribution is 5.89. The third kappa shape index (κ3) is 2.77. The zero-order chi connectivity index (χ0) is 14.9. The highest BCUT2D eigenvalue weighted by atomic mass is 16.4. The Bertz CT molecular complexity index is 584. The van der Waals surface area contributed by atoms with E-state index in [-0.39, 0.29) is 12.1 Å². The fourth-order valence-electron chi connectivity index (χ4n) is 2.19. The highest BCUT2D eigenvalue weighted by Crippen LogP contribution is 2.24. The average molecular weight is 278 g/mol. The van der Waals surface area contributed by atoms with Crippen LogP contribution in [0.2, 0.25) is 0 Å². The minimum Gasteiger partial charge on any atom is -0.481 e. The lowest BCUT2D eigenvalue weighted by molar-refractivity contribution is -0.142. The van der Waals surface area contributed by atoms with E-state index in [1.165, 1.54) is 17.0 Å². The van der Waals surface area contributed by atoms with Crippen molar-refractivity contribution in [1.82, 2.24) is 4.90 Å². The van der Waals surface area contributed by atoms with Crippen molar-refractivity contribution in [3.8, 4) is 0 Å². The van der Waals surface area contributed by atoms with E-state index >= 15 is 0 Å². The minimum atomic E-state index is -1.13. The first-order valence-electron chi connectivity index (χ1n) is 5.99. The van der Waals surface area contributed by atoms with Gasteiger partial charge in [0.05, 0.1) is 18.0 Å². The van der Waals surface area contributed by atoms with Gasteiger partial charge < -0.3 is 20.8 Å². The number of carbonyl (C=O) groups is 3. The van der Waals surface area contributed by atoms with Crippen LogP contribution in [-0.2, 0) is 22.7 Å². The van der Waals surface area contributed by atoms with Crippen LogP contribution in [0.15, 0.2) is 18.2 Å². The smallest absolute Gasteiger partial charge is 0.335 e. The Morgan fingerprint density at radius 1 is 1.20 bits per heavy atom. The van der Waals surface area contributed by atoms with Crippen LogP contribution in [0.3, 0.4) is 0 Å². The van der Waals surface area contributed by atoms with Crippen molar-refractivity contribution in [1.29, 1.82) is 0 Å². The Balaban J connectivity index is 2.11. The van der Waals surface area contributed by atoms with Crippen LogP contribution in [-0.4, -0.2) is 39.0 Å². The molecule has 1 aliphatic heterocycles. The van der Waals surface area contributed by atoms with E-state index in [1.807, 2.05) is 0 Å². The number of aliphatic carboxylic acids is 1. The lowest BCUT2D eigenvalue weighted by Crippen LogP contribution is -2.42. The second-order valence-electron chi connectivity index (χ2n) is 4.69. The molecule has 106 valence electrons. The molecule has 1 unspecified atom stereocenters. The summed E-state index contributed by atoms with van der Waals surface area (Å²) >= 11 is 0. The van der Waals surface area contributed by atoms with Crippen molar-refractivity contribution >= 4 is 17.8 Å². The summed E-state index contributed by atoms with van der Waals surface area (Å²) in [6.07, 6.45) is -0.425. The number of fused-ring (bicyclic) bond motifs is 1. The number of amides is 1. The second-order valence-corrected chi connectivity index (χ2v) is 4.69. The van der Waals surface area contributed by atoms with Crippen LogP contribution < -0.4 is 5.73 Å². The summed E-state index contributed by atoms with van der Waals surface area (Å²) in [5.74, 6) is -2.60. The molecule has 0 spiro atoms. The van der Waals surface area contributed by atoms with Crippen molar-refractivity contribution in [3.63, 3.8) is 0 Å². The minimum absolute atomic E-state index is 0.160. The molecule has 0 aromatic heterocycles. The Morgan fingerprint density at radius 2 is 1.85 bits per heavy atom. The largest absolute Gasteiger partial charge is 0.481 e. The number of carbonyl (C=O) groups excluding carboxylic acids is 1. The number of rotatable bonds is 4. The molecule has 1 aromatic rings. The Morgan fingerprint density at radius 3 is 2.45 bits per heavy atom. The monoisotopic (exact) mass is 278 g/mol. The highest BCUT2D eigenvalue weighted by Gasteiger charge is 2.28. The number of hydrogen-bond donors (Lipinski definition) is 3. The lowest BCUT2D eigenvalue weighted by atomic mass is 10.1. The van der Waals surface area contributed by atoms with E-state index in [1.54, 1.807) is 6.07 Å². The predicted molar refractivity (Wildman–Crippen MR) is 67.9 cm³/mol. The lowest BCUT2D eigenvalue weighted by Gasteiger charge is -2.19. The number of benzene rings is 1. The van der Waals surface area contributed by atoms with Gasteiger partial charge in [0.25, 0.3) is 0 Å². The first kappa shape index (κ1) is 14.0. The molecule has 0 bridgehead atoms. The fourth-order valence-corrected chi connectivity index (χ4v) is 2.19. The topological polar surface area (TPSA) is 121 Å². The maximum atomic E-state index is 12.0. The maximum absolute atomic E-state index is 12.0. The molecule has 2 rings (SSSR count). The van der Waals surface area contributed by atoms with Crippen LogP contribution in [0.1, 0.15) is 27.9 Å². The molecule has 7 nitrogen and oxygen atoms in total. The number of aromatic carboxylic acids is 1. The normalized spacial score (nSPS) is 14.8. The zero-order valence-corrected chi connectivity index (χ0v) is 10.6. The molecule has 1 aromatic carbocycles. The summed E-state index contributed by atoms with van der Waals surface area (Å²) in [6.45, 7) is 0.573. The SMILES string of the molecule is NC(CC(=O)O)C(=O)N1Cc2ccc(C(=O)O)cc2C1. The molecule has 0 saturated heterocycles.